The number of nitrogens with one attached hydrogen (secondary N) is 3. The van der Waals surface area contributed by atoms with E-state index in [0.717, 1.165) is 35.5 Å². The molecule has 36 heavy (non-hydrogen) atoms. The normalized spacial score (nSPS) is 12.5. The highest BCUT2D eigenvalue weighted by Gasteiger charge is 2.17. The van der Waals surface area contributed by atoms with Crippen LogP contribution in [0.1, 0.15) is 23.6 Å². The van der Waals surface area contributed by atoms with Crippen LogP contribution in [-0.2, 0) is 12.8 Å². The van der Waals surface area contributed by atoms with Gasteiger partial charge in [-0.2, -0.15) is 20.1 Å². The monoisotopic (exact) mass is 471 g/mol. The molecule has 3 N–H and O–H groups in total. The zero-order valence-electron chi connectivity index (χ0n) is 19.9. The van der Waals surface area contributed by atoms with Crippen molar-refractivity contribution in [3.8, 4) is 0 Å². The van der Waals surface area contributed by atoms with Crippen LogP contribution in [0.4, 0.5) is 29.2 Å². The third-order valence-electron chi connectivity index (χ3n) is 6.29. The highest BCUT2D eigenvalue weighted by molar-refractivity contribution is 6.11. The van der Waals surface area contributed by atoms with Crippen molar-refractivity contribution in [2.45, 2.75) is 19.8 Å². The second-order valence-corrected chi connectivity index (χ2v) is 8.71. The molecule has 6 rings (SSSR count). The van der Waals surface area contributed by atoms with E-state index in [1.807, 2.05) is 67.6 Å². The number of aryl methyl sites for hydroxylation is 2. The quantitative estimate of drug-likeness (QED) is 0.187. The molecule has 0 amide bonds. The Hall–Kier alpha value is -4.78. The largest absolute Gasteiger partial charge is 0.324 e. The summed E-state index contributed by atoms with van der Waals surface area (Å²) in [6.45, 7) is 2.00. The fraction of sp³-hybridized carbons (Fsp3) is 0.103. The number of rotatable bonds is 7. The van der Waals surface area contributed by atoms with Crippen molar-refractivity contribution in [2.75, 3.05) is 16.1 Å². The molecule has 0 spiro atoms. The highest BCUT2D eigenvalue weighted by Crippen LogP contribution is 2.33. The molecule has 0 saturated carbocycles. The summed E-state index contributed by atoms with van der Waals surface area (Å²) in [4.78, 5) is 13.6. The van der Waals surface area contributed by atoms with Crippen molar-refractivity contribution in [1.29, 1.82) is 0 Å². The topological polar surface area (TPSA) is 87.1 Å². The summed E-state index contributed by atoms with van der Waals surface area (Å²) in [5.41, 5.74) is 9.60. The molecule has 0 aliphatic heterocycles. The Labute approximate surface area is 209 Å². The third-order valence-corrected chi connectivity index (χ3v) is 6.29. The molecular formula is C29H25N7. The zero-order chi connectivity index (χ0) is 24.3. The predicted molar refractivity (Wildman–Crippen MR) is 146 cm³/mol. The van der Waals surface area contributed by atoms with Gasteiger partial charge in [0.25, 0.3) is 0 Å². The smallest absolute Gasteiger partial charge is 0.250 e. The lowest BCUT2D eigenvalue weighted by Crippen LogP contribution is -2.08. The highest BCUT2D eigenvalue weighted by atomic mass is 15.4. The number of benzene rings is 4. The minimum absolute atomic E-state index is 0.340. The molecule has 0 atom stereocenters. The standard InChI is InChI=1S/C29H25N7/c1-19(24-18-17-21-16-15-20-9-8-14-25(24)26(20)21)35-36-29-33-27(30-22-10-4-2-5-11-22)32-28(34-29)31-23-12-6-3-7-13-23/h2-14,17-18H,15-16H2,1H3,(H3,30,31,32,33,34,36)/b35-19-. The van der Waals surface area contributed by atoms with Crippen molar-refractivity contribution < 1.29 is 0 Å². The van der Waals surface area contributed by atoms with Crippen LogP contribution in [0.5, 0.6) is 0 Å². The summed E-state index contributed by atoms with van der Waals surface area (Å²) < 4.78 is 0. The van der Waals surface area contributed by atoms with Gasteiger partial charge in [0.05, 0.1) is 5.71 Å². The van der Waals surface area contributed by atoms with Crippen molar-refractivity contribution >= 4 is 45.7 Å². The molecule has 1 aliphatic rings. The van der Waals surface area contributed by atoms with Crippen LogP contribution in [0.15, 0.2) is 96.1 Å². The van der Waals surface area contributed by atoms with Gasteiger partial charge in [0, 0.05) is 16.9 Å². The Morgan fingerprint density at radius 3 is 1.86 bits per heavy atom. The van der Waals surface area contributed by atoms with Crippen molar-refractivity contribution in [3.05, 3.63) is 108 Å². The number of nitrogens with zero attached hydrogens (tertiary/aromatic N) is 4. The van der Waals surface area contributed by atoms with Gasteiger partial charge in [-0.3, -0.25) is 0 Å². The summed E-state index contributed by atoms with van der Waals surface area (Å²) >= 11 is 0. The summed E-state index contributed by atoms with van der Waals surface area (Å²) in [6, 6.07) is 30.5. The Morgan fingerprint density at radius 2 is 1.22 bits per heavy atom. The molecule has 0 fully saturated rings. The maximum atomic E-state index is 4.65. The fourth-order valence-corrected chi connectivity index (χ4v) is 4.60. The first kappa shape index (κ1) is 21.7. The lowest BCUT2D eigenvalue weighted by Gasteiger charge is -2.11. The Bertz CT molecular complexity index is 1490. The molecule has 5 aromatic rings. The van der Waals surface area contributed by atoms with Crippen LogP contribution >= 0.6 is 0 Å². The Morgan fingerprint density at radius 1 is 0.639 bits per heavy atom. The van der Waals surface area contributed by atoms with E-state index < -0.39 is 0 Å². The number of hydrazone groups is 1. The van der Waals surface area contributed by atoms with Crippen LogP contribution in [0, 0.1) is 0 Å². The van der Waals surface area contributed by atoms with Crippen LogP contribution < -0.4 is 16.1 Å². The second-order valence-electron chi connectivity index (χ2n) is 8.71. The number of aromatic nitrogens is 3. The molecule has 4 aromatic carbocycles. The molecule has 0 bridgehead atoms. The van der Waals surface area contributed by atoms with Gasteiger partial charge in [0.2, 0.25) is 17.8 Å². The van der Waals surface area contributed by atoms with Crippen LogP contribution in [-0.4, -0.2) is 20.7 Å². The number of hydrogen-bond donors (Lipinski definition) is 3. The molecule has 1 aliphatic carbocycles. The summed E-state index contributed by atoms with van der Waals surface area (Å²) in [5.74, 6) is 1.16. The summed E-state index contributed by atoms with van der Waals surface area (Å²) in [7, 11) is 0. The third kappa shape index (κ3) is 4.46. The van der Waals surface area contributed by atoms with Crippen LogP contribution in [0.25, 0.3) is 10.8 Å². The van der Waals surface area contributed by atoms with Gasteiger partial charge >= 0.3 is 0 Å². The van der Waals surface area contributed by atoms with Gasteiger partial charge in [-0.1, -0.05) is 66.7 Å². The van der Waals surface area contributed by atoms with Crippen molar-refractivity contribution in [3.63, 3.8) is 0 Å². The van der Waals surface area contributed by atoms with E-state index in [1.165, 1.54) is 21.9 Å². The van der Waals surface area contributed by atoms with Gasteiger partial charge in [-0.05, 0) is 65.9 Å². The molecule has 1 aromatic heterocycles. The predicted octanol–water partition coefficient (Wildman–Crippen LogP) is 6.45. The molecule has 0 radical (unpaired) electrons. The molecular weight excluding hydrogens is 446 g/mol. The van der Waals surface area contributed by atoms with Gasteiger partial charge < -0.3 is 10.6 Å². The molecule has 1 heterocycles. The molecule has 7 nitrogen and oxygen atoms in total. The van der Waals surface area contributed by atoms with E-state index in [4.69, 9.17) is 0 Å². The Kier molecular flexibility index (Phi) is 5.71. The average Bonchev–Trinajstić information content (AvgIpc) is 3.33. The Balaban J connectivity index is 1.32. The number of anilines is 5. The molecule has 176 valence electrons. The first-order chi connectivity index (χ1) is 17.7. The maximum absolute atomic E-state index is 4.65. The average molecular weight is 472 g/mol. The minimum atomic E-state index is 0.340. The van der Waals surface area contributed by atoms with Crippen molar-refractivity contribution in [2.24, 2.45) is 5.10 Å². The van der Waals surface area contributed by atoms with E-state index in [1.54, 1.807) is 0 Å². The lowest BCUT2D eigenvalue weighted by atomic mass is 9.98. The summed E-state index contributed by atoms with van der Waals surface area (Å²) in [6.07, 6.45) is 2.20. The molecule has 0 saturated heterocycles. The molecule has 0 unspecified atom stereocenters. The lowest BCUT2D eigenvalue weighted by molar-refractivity contribution is 1.02. The van der Waals surface area contributed by atoms with Gasteiger partial charge in [0.15, 0.2) is 0 Å². The van der Waals surface area contributed by atoms with Gasteiger partial charge in [0.1, 0.15) is 0 Å². The van der Waals surface area contributed by atoms with E-state index in [2.05, 4.69) is 66.4 Å². The maximum Gasteiger partial charge on any atom is 0.250 e. The zero-order valence-corrected chi connectivity index (χ0v) is 19.9. The van der Waals surface area contributed by atoms with Gasteiger partial charge in [-0.25, -0.2) is 5.43 Å². The molecule has 7 heteroatoms. The number of para-hydroxylation sites is 2. The first-order valence-electron chi connectivity index (χ1n) is 12.0. The van der Waals surface area contributed by atoms with Crippen LogP contribution in [0.2, 0.25) is 0 Å². The minimum Gasteiger partial charge on any atom is -0.324 e. The SMILES string of the molecule is C/C(=N/Nc1nc(Nc2ccccc2)nc(Nc2ccccc2)n1)c1ccc2c3c(cccc13)CC2. The van der Waals surface area contributed by atoms with Crippen LogP contribution in [0.3, 0.4) is 0 Å². The van der Waals surface area contributed by atoms with Crippen molar-refractivity contribution in [1.82, 2.24) is 15.0 Å². The van der Waals surface area contributed by atoms with E-state index in [0.29, 0.717) is 17.8 Å². The van der Waals surface area contributed by atoms with Gasteiger partial charge in [-0.15, -0.1) is 0 Å². The van der Waals surface area contributed by atoms with E-state index in [-0.39, 0.29) is 0 Å². The fourth-order valence-electron chi connectivity index (χ4n) is 4.60. The van der Waals surface area contributed by atoms with E-state index in [9.17, 15) is 0 Å². The first-order valence-corrected chi connectivity index (χ1v) is 12.0. The van der Waals surface area contributed by atoms with E-state index >= 15 is 0 Å². The second kappa shape index (κ2) is 9.46. The summed E-state index contributed by atoms with van der Waals surface area (Å²) in [5, 5.41) is 13.7. The number of hydrogen-bond acceptors (Lipinski definition) is 7.